The van der Waals surface area contributed by atoms with Crippen LogP contribution in [0.4, 0.5) is 0 Å². The Labute approximate surface area is 121 Å². The van der Waals surface area contributed by atoms with Gasteiger partial charge in [0.2, 0.25) is 0 Å². The van der Waals surface area contributed by atoms with Crippen molar-refractivity contribution in [3.05, 3.63) is 56.2 Å². The van der Waals surface area contributed by atoms with E-state index >= 15 is 0 Å². The second-order valence-corrected chi connectivity index (χ2v) is 5.39. The molecule has 0 N–H and O–H groups in total. The minimum absolute atomic E-state index is 0.377. The van der Waals surface area contributed by atoms with Crippen LogP contribution < -0.4 is 4.74 Å². The zero-order valence-electron chi connectivity index (χ0n) is 8.66. The van der Waals surface area contributed by atoms with E-state index in [2.05, 4.69) is 36.8 Å². The number of nitrogens with zero attached hydrogens (tertiary/aromatic N) is 1. The summed E-state index contributed by atoms with van der Waals surface area (Å²) in [7, 11) is 0. The molecule has 0 radical (unpaired) electrons. The summed E-state index contributed by atoms with van der Waals surface area (Å²) in [5.74, 6) is 0.759. The van der Waals surface area contributed by atoms with Crippen LogP contribution in [0.25, 0.3) is 0 Å². The van der Waals surface area contributed by atoms with Gasteiger partial charge in [0.25, 0.3) is 0 Å². The van der Waals surface area contributed by atoms with Gasteiger partial charge in [-0.15, -0.1) is 0 Å². The lowest BCUT2D eigenvalue weighted by atomic mass is 10.3. The van der Waals surface area contributed by atoms with Gasteiger partial charge in [0, 0.05) is 0 Å². The van der Waals surface area contributed by atoms with Gasteiger partial charge in [0.15, 0.2) is 0 Å². The second-order valence-electron chi connectivity index (χ2n) is 3.29. The molecule has 2 nitrogen and oxygen atoms in total. The normalized spacial score (nSPS) is 10.3. The molecule has 0 amide bonds. The van der Waals surface area contributed by atoms with Crippen LogP contribution in [-0.2, 0) is 6.61 Å². The van der Waals surface area contributed by atoms with E-state index < -0.39 is 0 Å². The highest BCUT2D eigenvalue weighted by atomic mass is 79.9. The Morgan fingerprint density at radius 1 is 1.06 bits per heavy atom. The van der Waals surface area contributed by atoms with E-state index in [1.165, 1.54) is 0 Å². The zero-order valence-corrected chi connectivity index (χ0v) is 12.6. The fourth-order valence-electron chi connectivity index (χ4n) is 1.30. The first kappa shape index (κ1) is 12.9. The van der Waals surface area contributed by atoms with Crippen molar-refractivity contribution in [3.8, 4) is 5.75 Å². The van der Waals surface area contributed by atoms with Crippen molar-refractivity contribution >= 4 is 43.5 Å². The monoisotopic (exact) mass is 375 g/mol. The maximum Gasteiger partial charge on any atom is 0.148 e. The third-order valence-corrected chi connectivity index (χ3v) is 3.52. The standard InChI is InChI=1S/C12H8Br2ClNO/c13-9-4-2-5-10(14)12(9)17-7-8-3-1-6-11(15)16-8/h1-6H,7H2. The van der Waals surface area contributed by atoms with Crippen LogP contribution in [0.15, 0.2) is 45.3 Å². The summed E-state index contributed by atoms with van der Waals surface area (Å²) >= 11 is 12.7. The third-order valence-electron chi connectivity index (χ3n) is 2.06. The molecule has 17 heavy (non-hydrogen) atoms. The molecule has 88 valence electrons. The lowest BCUT2D eigenvalue weighted by molar-refractivity contribution is 0.297. The Morgan fingerprint density at radius 2 is 1.71 bits per heavy atom. The number of para-hydroxylation sites is 1. The number of ether oxygens (including phenoxy) is 1. The van der Waals surface area contributed by atoms with Gasteiger partial charge in [0.05, 0.1) is 14.6 Å². The fourth-order valence-corrected chi connectivity index (χ4v) is 2.71. The first-order chi connectivity index (χ1) is 8.16. The third kappa shape index (κ3) is 3.44. The van der Waals surface area contributed by atoms with Crippen LogP contribution >= 0.6 is 43.5 Å². The van der Waals surface area contributed by atoms with E-state index in [0.29, 0.717) is 11.8 Å². The molecule has 0 aliphatic heterocycles. The van der Waals surface area contributed by atoms with Gasteiger partial charge in [0.1, 0.15) is 17.5 Å². The Hall–Kier alpha value is -0.580. The largest absolute Gasteiger partial charge is 0.485 e. The number of rotatable bonds is 3. The molecule has 0 atom stereocenters. The molecule has 2 aromatic rings. The number of aromatic nitrogens is 1. The molecule has 0 aliphatic carbocycles. The molecule has 0 aliphatic rings. The number of pyridine rings is 1. The van der Waals surface area contributed by atoms with Crippen LogP contribution in [-0.4, -0.2) is 4.98 Å². The summed E-state index contributed by atoms with van der Waals surface area (Å²) in [5.41, 5.74) is 0.792. The molecule has 0 spiro atoms. The van der Waals surface area contributed by atoms with Crippen LogP contribution in [0.2, 0.25) is 5.15 Å². The summed E-state index contributed by atoms with van der Waals surface area (Å²) < 4.78 is 7.49. The summed E-state index contributed by atoms with van der Waals surface area (Å²) in [6.45, 7) is 0.377. The van der Waals surface area contributed by atoms with Crippen molar-refractivity contribution in [2.24, 2.45) is 0 Å². The minimum Gasteiger partial charge on any atom is -0.485 e. The van der Waals surface area contributed by atoms with Crippen molar-refractivity contribution in [1.82, 2.24) is 4.98 Å². The SMILES string of the molecule is Clc1cccc(COc2c(Br)cccc2Br)n1. The average Bonchev–Trinajstić information content (AvgIpc) is 2.28. The molecule has 1 aromatic heterocycles. The summed E-state index contributed by atoms with van der Waals surface area (Å²) in [4.78, 5) is 4.16. The maximum atomic E-state index is 5.80. The minimum atomic E-state index is 0.377. The fraction of sp³-hybridized carbons (Fsp3) is 0.0833. The molecule has 1 aromatic carbocycles. The van der Waals surface area contributed by atoms with Gasteiger partial charge in [-0.1, -0.05) is 23.7 Å². The molecular weight excluding hydrogens is 369 g/mol. The first-order valence-electron chi connectivity index (χ1n) is 4.85. The Kier molecular flexibility index (Phi) is 4.42. The molecule has 0 unspecified atom stereocenters. The molecule has 0 saturated carbocycles. The summed E-state index contributed by atoms with van der Waals surface area (Å²) in [5, 5.41) is 0.470. The van der Waals surface area contributed by atoms with Crippen molar-refractivity contribution in [3.63, 3.8) is 0 Å². The number of hydrogen-bond acceptors (Lipinski definition) is 2. The van der Waals surface area contributed by atoms with E-state index in [9.17, 15) is 0 Å². The van der Waals surface area contributed by atoms with E-state index in [1.807, 2.05) is 30.3 Å². The van der Waals surface area contributed by atoms with Gasteiger partial charge < -0.3 is 4.74 Å². The molecule has 0 saturated heterocycles. The van der Waals surface area contributed by atoms with E-state index in [-0.39, 0.29) is 0 Å². The quantitative estimate of drug-likeness (QED) is 0.714. The summed E-state index contributed by atoms with van der Waals surface area (Å²) in [6, 6.07) is 11.2. The highest BCUT2D eigenvalue weighted by molar-refractivity contribution is 9.11. The number of hydrogen-bond donors (Lipinski definition) is 0. The van der Waals surface area contributed by atoms with Crippen molar-refractivity contribution in [2.45, 2.75) is 6.61 Å². The lowest BCUT2D eigenvalue weighted by Gasteiger charge is -2.09. The second kappa shape index (κ2) is 5.85. The topological polar surface area (TPSA) is 22.1 Å². The highest BCUT2D eigenvalue weighted by Gasteiger charge is 2.06. The molecular formula is C12H8Br2ClNO. The lowest BCUT2D eigenvalue weighted by Crippen LogP contribution is -1.99. The van der Waals surface area contributed by atoms with E-state index in [1.54, 1.807) is 6.07 Å². The van der Waals surface area contributed by atoms with Gasteiger partial charge >= 0.3 is 0 Å². The van der Waals surface area contributed by atoms with Crippen LogP contribution in [0, 0.1) is 0 Å². The van der Waals surface area contributed by atoms with Gasteiger partial charge in [-0.25, -0.2) is 4.98 Å². The Morgan fingerprint density at radius 3 is 2.35 bits per heavy atom. The molecule has 1 heterocycles. The van der Waals surface area contributed by atoms with Crippen molar-refractivity contribution in [2.75, 3.05) is 0 Å². The van der Waals surface area contributed by atoms with Gasteiger partial charge in [-0.3, -0.25) is 0 Å². The van der Waals surface area contributed by atoms with E-state index in [0.717, 1.165) is 20.4 Å². The molecule has 5 heteroatoms. The Bertz CT molecular complexity index is 513. The predicted molar refractivity (Wildman–Crippen MR) is 75.4 cm³/mol. The number of halogens is 3. The van der Waals surface area contributed by atoms with Crippen LogP contribution in [0.3, 0.4) is 0 Å². The summed E-state index contributed by atoms with van der Waals surface area (Å²) in [6.07, 6.45) is 0. The molecule has 0 fully saturated rings. The van der Waals surface area contributed by atoms with Gasteiger partial charge in [-0.2, -0.15) is 0 Å². The van der Waals surface area contributed by atoms with Crippen molar-refractivity contribution in [1.29, 1.82) is 0 Å². The first-order valence-corrected chi connectivity index (χ1v) is 6.81. The van der Waals surface area contributed by atoms with E-state index in [4.69, 9.17) is 16.3 Å². The smallest absolute Gasteiger partial charge is 0.148 e. The molecule has 2 rings (SSSR count). The average molecular weight is 377 g/mol. The Balaban J connectivity index is 2.13. The molecule has 0 bridgehead atoms. The zero-order chi connectivity index (χ0) is 12.3. The van der Waals surface area contributed by atoms with Gasteiger partial charge in [-0.05, 0) is 56.1 Å². The highest BCUT2D eigenvalue weighted by Crippen LogP contribution is 2.33. The van der Waals surface area contributed by atoms with Crippen molar-refractivity contribution < 1.29 is 4.74 Å². The van der Waals surface area contributed by atoms with Crippen LogP contribution in [0.1, 0.15) is 5.69 Å². The number of benzene rings is 1. The maximum absolute atomic E-state index is 5.80. The van der Waals surface area contributed by atoms with Crippen LogP contribution in [0.5, 0.6) is 5.75 Å². The predicted octanol–water partition coefficient (Wildman–Crippen LogP) is 4.84.